The van der Waals surface area contributed by atoms with Crippen LogP contribution in [0.3, 0.4) is 0 Å². The van der Waals surface area contributed by atoms with Gasteiger partial charge >= 0.3 is 18.3 Å². The zero-order valence-corrected chi connectivity index (χ0v) is 22.0. The molecule has 204 valence electrons. The Balaban J connectivity index is 1.12. The predicted molar refractivity (Wildman–Crippen MR) is 137 cm³/mol. The van der Waals surface area contributed by atoms with Gasteiger partial charge in [0.15, 0.2) is 5.82 Å². The SMILES string of the molecule is CC(C)(C)OC(=O)N1C2CCC(C2)N1C(=O)O[C@@H]1CC[C@H](c2cc(NC(=O)OCc3ccccc3)n[nH]2)C1. The van der Waals surface area contributed by atoms with Crippen LogP contribution in [0.2, 0.25) is 0 Å². The van der Waals surface area contributed by atoms with Crippen molar-refractivity contribution in [1.29, 1.82) is 0 Å². The molecule has 38 heavy (non-hydrogen) atoms. The van der Waals surface area contributed by atoms with Crippen LogP contribution < -0.4 is 5.32 Å². The highest BCUT2D eigenvalue weighted by atomic mass is 16.6. The number of carbonyl (C=O) groups excluding carboxylic acids is 3. The monoisotopic (exact) mass is 525 g/mol. The van der Waals surface area contributed by atoms with Gasteiger partial charge in [0, 0.05) is 17.7 Å². The lowest BCUT2D eigenvalue weighted by Gasteiger charge is -2.38. The van der Waals surface area contributed by atoms with Crippen LogP contribution in [0.5, 0.6) is 0 Å². The lowest BCUT2D eigenvalue weighted by Crippen LogP contribution is -2.54. The van der Waals surface area contributed by atoms with Crippen molar-refractivity contribution in [2.75, 3.05) is 5.32 Å². The van der Waals surface area contributed by atoms with Crippen molar-refractivity contribution in [2.45, 2.75) is 95.6 Å². The van der Waals surface area contributed by atoms with E-state index in [4.69, 9.17) is 14.2 Å². The van der Waals surface area contributed by atoms with Gasteiger partial charge in [-0.2, -0.15) is 5.10 Å². The molecule has 3 fully saturated rings. The Labute approximate surface area is 221 Å². The molecule has 11 nitrogen and oxygen atoms in total. The van der Waals surface area contributed by atoms with E-state index in [9.17, 15) is 14.4 Å². The first-order valence-corrected chi connectivity index (χ1v) is 13.2. The van der Waals surface area contributed by atoms with Crippen molar-refractivity contribution in [3.05, 3.63) is 47.7 Å². The van der Waals surface area contributed by atoms with E-state index < -0.39 is 23.9 Å². The molecule has 3 amide bonds. The van der Waals surface area contributed by atoms with Crippen molar-refractivity contribution < 1.29 is 28.6 Å². The zero-order valence-electron chi connectivity index (χ0n) is 22.0. The normalized spacial score (nSPS) is 24.4. The molecular formula is C27H35N5O6. The molecule has 0 spiro atoms. The molecule has 2 aromatic rings. The number of nitrogens with one attached hydrogen (secondary N) is 2. The number of ether oxygens (including phenoxy) is 3. The van der Waals surface area contributed by atoms with Crippen LogP contribution in [-0.4, -0.2) is 62.3 Å². The number of fused-ring (bicyclic) bond motifs is 2. The number of hydrazine groups is 1. The number of aromatic amines is 1. The predicted octanol–water partition coefficient (Wildman–Crippen LogP) is 5.32. The molecule has 2 bridgehead atoms. The lowest BCUT2D eigenvalue weighted by molar-refractivity contribution is -0.0666. The van der Waals surface area contributed by atoms with E-state index in [2.05, 4.69) is 15.5 Å². The summed E-state index contributed by atoms with van der Waals surface area (Å²) in [7, 11) is 0. The van der Waals surface area contributed by atoms with Gasteiger partial charge in [-0.1, -0.05) is 30.3 Å². The Morgan fingerprint density at radius 3 is 2.42 bits per heavy atom. The number of carbonyl (C=O) groups is 3. The summed E-state index contributed by atoms with van der Waals surface area (Å²) in [5, 5.41) is 12.7. The molecule has 3 aliphatic rings. The number of hydrogen-bond acceptors (Lipinski definition) is 7. The number of hydrogen-bond donors (Lipinski definition) is 2. The molecule has 5 rings (SSSR count). The molecule has 1 saturated heterocycles. The van der Waals surface area contributed by atoms with Gasteiger partial charge in [0.05, 0.1) is 12.1 Å². The van der Waals surface area contributed by atoms with E-state index in [-0.39, 0.29) is 30.7 Å². The molecule has 2 unspecified atom stereocenters. The minimum absolute atomic E-state index is 0.0333. The van der Waals surface area contributed by atoms with Crippen LogP contribution in [0.4, 0.5) is 20.2 Å². The number of H-pyrrole nitrogens is 1. The van der Waals surface area contributed by atoms with E-state index in [1.54, 1.807) is 6.07 Å². The van der Waals surface area contributed by atoms with Gasteiger partial charge in [-0.05, 0) is 64.9 Å². The molecule has 2 aliphatic carbocycles. The fourth-order valence-corrected chi connectivity index (χ4v) is 5.51. The van der Waals surface area contributed by atoms with Crippen molar-refractivity contribution in [2.24, 2.45) is 0 Å². The number of amides is 3. The molecule has 1 aliphatic heterocycles. The van der Waals surface area contributed by atoms with Crippen LogP contribution in [0.1, 0.15) is 76.5 Å². The fourth-order valence-electron chi connectivity index (χ4n) is 5.51. The molecule has 2 N–H and O–H groups in total. The van der Waals surface area contributed by atoms with Crippen LogP contribution >= 0.6 is 0 Å². The second-order valence-corrected chi connectivity index (χ2v) is 11.2. The third-order valence-electron chi connectivity index (χ3n) is 7.20. The topological polar surface area (TPSA) is 126 Å². The van der Waals surface area contributed by atoms with Crippen molar-refractivity contribution in [1.82, 2.24) is 20.2 Å². The van der Waals surface area contributed by atoms with E-state index >= 15 is 0 Å². The highest BCUT2D eigenvalue weighted by Gasteiger charge is 2.51. The summed E-state index contributed by atoms with van der Waals surface area (Å²) in [5.74, 6) is 0.479. The van der Waals surface area contributed by atoms with Gasteiger partial charge < -0.3 is 14.2 Å². The van der Waals surface area contributed by atoms with Crippen LogP contribution in [0.15, 0.2) is 36.4 Å². The summed E-state index contributed by atoms with van der Waals surface area (Å²) in [6, 6.07) is 11.1. The molecule has 0 radical (unpaired) electrons. The second-order valence-electron chi connectivity index (χ2n) is 11.2. The molecule has 11 heteroatoms. The summed E-state index contributed by atoms with van der Waals surface area (Å²) >= 11 is 0. The molecule has 1 aromatic carbocycles. The van der Waals surface area contributed by atoms with Gasteiger partial charge in [-0.15, -0.1) is 0 Å². The largest absolute Gasteiger partial charge is 0.445 e. The maximum atomic E-state index is 13.2. The Bertz CT molecular complexity index is 1160. The minimum Gasteiger partial charge on any atom is -0.445 e. The maximum absolute atomic E-state index is 13.2. The Kier molecular flexibility index (Phi) is 7.18. The van der Waals surface area contributed by atoms with Gasteiger partial charge in [0.2, 0.25) is 0 Å². The third kappa shape index (κ3) is 5.87. The number of benzene rings is 1. The Morgan fingerprint density at radius 1 is 1.00 bits per heavy atom. The lowest BCUT2D eigenvalue weighted by atomic mass is 10.0. The minimum atomic E-state index is -0.649. The van der Waals surface area contributed by atoms with E-state index in [1.165, 1.54) is 10.0 Å². The highest BCUT2D eigenvalue weighted by Crippen LogP contribution is 2.41. The fraction of sp³-hybridized carbons (Fsp3) is 0.556. The van der Waals surface area contributed by atoms with Crippen LogP contribution in [0.25, 0.3) is 0 Å². The summed E-state index contributed by atoms with van der Waals surface area (Å²) in [5.41, 5.74) is 1.11. The first-order valence-electron chi connectivity index (χ1n) is 13.2. The van der Waals surface area contributed by atoms with Crippen LogP contribution in [-0.2, 0) is 20.8 Å². The van der Waals surface area contributed by atoms with Crippen molar-refractivity contribution in [3.63, 3.8) is 0 Å². The maximum Gasteiger partial charge on any atom is 0.429 e. The van der Waals surface area contributed by atoms with Gasteiger partial charge in [-0.25, -0.2) is 24.4 Å². The molecular weight excluding hydrogens is 490 g/mol. The van der Waals surface area contributed by atoms with Gasteiger partial charge in [0.1, 0.15) is 18.3 Å². The molecule has 2 saturated carbocycles. The summed E-state index contributed by atoms with van der Waals surface area (Å²) in [6.07, 6.45) is 2.72. The Morgan fingerprint density at radius 2 is 1.71 bits per heavy atom. The molecule has 1 aromatic heterocycles. The standard InChI is InChI=1S/C27H35N5O6/c1-27(2,3)38-26(35)32-20-11-10-19(14-20)31(32)25(34)37-21-12-9-18(13-21)22-15-23(30-29-22)28-24(33)36-16-17-7-5-4-6-8-17/h4-8,15,18-21H,9-14,16H2,1-3H3,(H2,28,29,30,33)/t18-,19?,20?,21+/m0/s1. The average Bonchev–Trinajstić information content (AvgIpc) is 3.66. The Hall–Kier alpha value is -3.76. The third-order valence-corrected chi connectivity index (χ3v) is 7.20. The molecule has 2 heterocycles. The number of anilines is 1. The summed E-state index contributed by atoms with van der Waals surface area (Å²) < 4.78 is 16.7. The number of nitrogens with zero attached hydrogens (tertiary/aromatic N) is 3. The summed E-state index contributed by atoms with van der Waals surface area (Å²) in [4.78, 5) is 38.1. The quantitative estimate of drug-likeness (QED) is 0.506. The summed E-state index contributed by atoms with van der Waals surface area (Å²) in [6.45, 7) is 5.60. The average molecular weight is 526 g/mol. The van der Waals surface area contributed by atoms with Crippen molar-refractivity contribution in [3.8, 4) is 0 Å². The first-order chi connectivity index (χ1) is 18.2. The van der Waals surface area contributed by atoms with E-state index in [0.29, 0.717) is 18.7 Å². The van der Waals surface area contributed by atoms with Gasteiger partial charge in [-0.3, -0.25) is 10.4 Å². The number of aromatic nitrogens is 2. The van der Waals surface area contributed by atoms with Crippen LogP contribution in [0, 0.1) is 0 Å². The number of rotatable bonds is 5. The zero-order chi connectivity index (χ0) is 26.9. The highest BCUT2D eigenvalue weighted by molar-refractivity contribution is 5.83. The van der Waals surface area contributed by atoms with E-state index in [0.717, 1.165) is 36.9 Å². The second kappa shape index (κ2) is 10.5. The smallest absolute Gasteiger partial charge is 0.429 e. The van der Waals surface area contributed by atoms with Gasteiger partial charge in [0.25, 0.3) is 0 Å². The first kappa shape index (κ1) is 25.9. The van der Waals surface area contributed by atoms with Crippen molar-refractivity contribution >= 4 is 24.1 Å². The molecule has 4 atom stereocenters. The van der Waals surface area contributed by atoms with E-state index in [1.807, 2.05) is 51.1 Å².